The molecule has 6 heteroatoms. The quantitative estimate of drug-likeness (QED) is 0.866. The zero-order chi connectivity index (χ0) is 15.9. The molecule has 6 nitrogen and oxygen atoms in total. The van der Waals surface area contributed by atoms with E-state index in [1.165, 1.54) is 0 Å². The van der Waals surface area contributed by atoms with Crippen LogP contribution in [0.1, 0.15) is 42.6 Å². The lowest BCUT2D eigenvalue weighted by Gasteiger charge is -2.20. The fraction of sp³-hybridized carbons (Fsp3) is 0.500. The number of primary amides is 1. The largest absolute Gasteiger partial charge is 0.487 e. The average Bonchev–Trinajstić information content (AvgIpc) is 2.90. The van der Waals surface area contributed by atoms with E-state index in [4.69, 9.17) is 19.9 Å². The summed E-state index contributed by atoms with van der Waals surface area (Å²) in [5, 5.41) is 0. The molecule has 0 spiro atoms. The molecule has 1 aromatic rings. The Morgan fingerprint density at radius 1 is 1.32 bits per heavy atom. The van der Waals surface area contributed by atoms with Crippen molar-refractivity contribution in [2.75, 3.05) is 0 Å². The number of carbonyl (C=O) groups is 2. The molecule has 1 saturated carbocycles. The lowest BCUT2D eigenvalue weighted by molar-refractivity contribution is 0.0391. The van der Waals surface area contributed by atoms with Gasteiger partial charge < -0.3 is 19.9 Å². The minimum atomic E-state index is -0.788. The van der Waals surface area contributed by atoms with Gasteiger partial charge in [0.1, 0.15) is 24.6 Å². The summed E-state index contributed by atoms with van der Waals surface area (Å²) < 4.78 is 16.1. The highest BCUT2D eigenvalue weighted by atomic mass is 16.6. The van der Waals surface area contributed by atoms with Gasteiger partial charge in [-0.3, -0.25) is 0 Å². The molecule has 1 amide bonds. The van der Waals surface area contributed by atoms with Gasteiger partial charge in [-0.2, -0.15) is 0 Å². The van der Waals surface area contributed by atoms with E-state index >= 15 is 0 Å². The van der Waals surface area contributed by atoms with Crippen molar-refractivity contribution >= 4 is 12.1 Å². The zero-order valence-corrected chi connectivity index (χ0v) is 12.6. The van der Waals surface area contributed by atoms with Crippen LogP contribution < -0.4 is 10.5 Å². The zero-order valence-electron chi connectivity index (χ0n) is 12.6. The van der Waals surface area contributed by atoms with Gasteiger partial charge in [-0.15, -0.1) is 0 Å². The Labute approximate surface area is 128 Å². The Kier molecular flexibility index (Phi) is 3.47. The summed E-state index contributed by atoms with van der Waals surface area (Å²) in [5.74, 6) is 0.330. The second-order valence-corrected chi connectivity index (χ2v) is 6.60. The fourth-order valence-corrected chi connectivity index (χ4v) is 3.18. The molecule has 0 saturated heterocycles. The number of esters is 1. The van der Waals surface area contributed by atoms with E-state index < -0.39 is 6.09 Å². The SMILES string of the molecule is CC1(C)C[C@H](OC(N)=O)[C@@H](Oc2ccc3c(c2)COC3=O)C1. The van der Waals surface area contributed by atoms with E-state index in [2.05, 4.69) is 13.8 Å². The number of ether oxygens (including phenoxy) is 3. The third-order valence-electron chi connectivity index (χ3n) is 4.13. The van der Waals surface area contributed by atoms with Crippen molar-refractivity contribution in [1.29, 1.82) is 0 Å². The molecule has 1 aliphatic carbocycles. The van der Waals surface area contributed by atoms with Crippen LogP contribution in [0.15, 0.2) is 18.2 Å². The normalized spacial score (nSPS) is 25.5. The van der Waals surface area contributed by atoms with E-state index in [1.54, 1.807) is 18.2 Å². The second kappa shape index (κ2) is 5.19. The lowest BCUT2D eigenvalue weighted by atomic mass is 9.92. The first kappa shape index (κ1) is 14.7. The highest BCUT2D eigenvalue weighted by Gasteiger charge is 2.43. The van der Waals surface area contributed by atoms with Gasteiger partial charge >= 0.3 is 12.1 Å². The molecule has 1 heterocycles. The molecule has 2 N–H and O–H groups in total. The maximum absolute atomic E-state index is 11.4. The van der Waals surface area contributed by atoms with Crippen LogP contribution in [-0.4, -0.2) is 24.3 Å². The smallest absolute Gasteiger partial charge is 0.404 e. The molecule has 0 aromatic heterocycles. The molecule has 22 heavy (non-hydrogen) atoms. The maximum Gasteiger partial charge on any atom is 0.404 e. The number of cyclic esters (lactones) is 1. The van der Waals surface area contributed by atoms with E-state index in [0.717, 1.165) is 12.0 Å². The van der Waals surface area contributed by atoms with Crippen LogP contribution >= 0.6 is 0 Å². The lowest BCUT2D eigenvalue weighted by Crippen LogP contribution is -2.32. The van der Waals surface area contributed by atoms with E-state index in [9.17, 15) is 9.59 Å². The van der Waals surface area contributed by atoms with Gasteiger partial charge in [-0.25, -0.2) is 9.59 Å². The number of amides is 1. The predicted octanol–water partition coefficient (Wildman–Crippen LogP) is 2.39. The molecule has 1 fully saturated rings. The average molecular weight is 305 g/mol. The Hall–Kier alpha value is -2.24. The topological polar surface area (TPSA) is 87.8 Å². The summed E-state index contributed by atoms with van der Waals surface area (Å²) in [6.45, 7) is 4.47. The molecule has 2 atom stereocenters. The van der Waals surface area contributed by atoms with Gasteiger partial charge in [-0.05, 0) is 36.5 Å². The minimum absolute atomic E-state index is 0.0145. The summed E-state index contributed by atoms with van der Waals surface area (Å²) >= 11 is 0. The summed E-state index contributed by atoms with van der Waals surface area (Å²) in [7, 11) is 0. The minimum Gasteiger partial charge on any atom is -0.487 e. The number of nitrogens with two attached hydrogens (primary N) is 1. The van der Waals surface area contributed by atoms with Crippen LogP contribution in [0.3, 0.4) is 0 Å². The van der Waals surface area contributed by atoms with Crippen LogP contribution in [0.4, 0.5) is 4.79 Å². The van der Waals surface area contributed by atoms with Crippen molar-refractivity contribution in [3.05, 3.63) is 29.3 Å². The number of rotatable bonds is 3. The molecule has 0 bridgehead atoms. The van der Waals surface area contributed by atoms with Gasteiger partial charge in [0.25, 0.3) is 0 Å². The van der Waals surface area contributed by atoms with Crippen molar-refractivity contribution in [3.63, 3.8) is 0 Å². The van der Waals surface area contributed by atoms with Gasteiger partial charge in [0.05, 0.1) is 5.56 Å². The molecule has 0 radical (unpaired) electrons. The predicted molar refractivity (Wildman–Crippen MR) is 77.4 cm³/mol. The molecular weight excluding hydrogens is 286 g/mol. The van der Waals surface area contributed by atoms with Crippen molar-refractivity contribution in [2.24, 2.45) is 11.1 Å². The Morgan fingerprint density at radius 2 is 2.05 bits per heavy atom. The highest BCUT2D eigenvalue weighted by Crippen LogP contribution is 2.41. The second-order valence-electron chi connectivity index (χ2n) is 6.60. The van der Waals surface area contributed by atoms with Crippen molar-refractivity contribution in [1.82, 2.24) is 0 Å². The van der Waals surface area contributed by atoms with Crippen LogP contribution in [0.25, 0.3) is 0 Å². The van der Waals surface area contributed by atoms with E-state index in [0.29, 0.717) is 17.7 Å². The van der Waals surface area contributed by atoms with Crippen LogP contribution in [-0.2, 0) is 16.1 Å². The number of hydrogen-bond acceptors (Lipinski definition) is 5. The third-order valence-corrected chi connectivity index (χ3v) is 4.13. The molecule has 1 aliphatic heterocycles. The molecule has 0 unspecified atom stereocenters. The van der Waals surface area contributed by atoms with Gasteiger partial charge in [-0.1, -0.05) is 13.8 Å². The van der Waals surface area contributed by atoms with Crippen LogP contribution in [0, 0.1) is 5.41 Å². The summed E-state index contributed by atoms with van der Waals surface area (Å²) in [6.07, 6.45) is 0.0615. The monoisotopic (exact) mass is 305 g/mol. The maximum atomic E-state index is 11.4. The van der Waals surface area contributed by atoms with Crippen LogP contribution in [0.2, 0.25) is 0 Å². The van der Waals surface area contributed by atoms with Crippen molar-refractivity contribution in [3.8, 4) is 5.75 Å². The van der Waals surface area contributed by atoms with E-state index in [-0.39, 0.29) is 30.2 Å². The molecular formula is C16H19NO5. The standard InChI is InChI=1S/C16H19NO5/c1-16(2)6-12(13(7-16)22-15(17)19)21-10-3-4-11-9(5-10)8-20-14(11)18/h3-5,12-13H,6-8H2,1-2H3,(H2,17,19)/t12-,13-/m0/s1. The summed E-state index contributed by atoms with van der Waals surface area (Å²) in [5.41, 5.74) is 6.53. The first-order valence-electron chi connectivity index (χ1n) is 7.27. The van der Waals surface area contributed by atoms with Crippen molar-refractivity contribution < 1.29 is 23.8 Å². The van der Waals surface area contributed by atoms with Gasteiger partial charge in [0, 0.05) is 5.56 Å². The van der Waals surface area contributed by atoms with Crippen LogP contribution in [0.5, 0.6) is 5.75 Å². The molecule has 2 aliphatic rings. The Bertz CT molecular complexity index is 625. The van der Waals surface area contributed by atoms with E-state index in [1.807, 2.05) is 0 Å². The first-order chi connectivity index (χ1) is 10.3. The Morgan fingerprint density at radius 3 is 2.77 bits per heavy atom. The summed E-state index contributed by atoms with van der Waals surface area (Å²) in [4.78, 5) is 22.5. The van der Waals surface area contributed by atoms with Gasteiger partial charge in [0.2, 0.25) is 0 Å². The molecule has 3 rings (SSSR count). The molecule has 118 valence electrons. The number of benzene rings is 1. The third kappa shape index (κ3) is 2.86. The fourth-order valence-electron chi connectivity index (χ4n) is 3.18. The molecule has 1 aromatic carbocycles. The number of hydrogen-bond donors (Lipinski definition) is 1. The highest BCUT2D eigenvalue weighted by molar-refractivity contribution is 5.93. The number of carbonyl (C=O) groups excluding carboxylic acids is 2. The van der Waals surface area contributed by atoms with Gasteiger partial charge in [0.15, 0.2) is 0 Å². The Balaban J connectivity index is 1.76. The van der Waals surface area contributed by atoms with Crippen molar-refractivity contribution in [2.45, 2.75) is 45.5 Å². The number of fused-ring (bicyclic) bond motifs is 1. The summed E-state index contributed by atoms with van der Waals surface area (Å²) in [6, 6.07) is 5.23. The first-order valence-corrected chi connectivity index (χ1v) is 7.27.